The number of hydrogen-bond donors (Lipinski definition) is 2. The van der Waals surface area contributed by atoms with E-state index in [9.17, 15) is 0 Å². The van der Waals surface area contributed by atoms with E-state index in [1.165, 1.54) is 0 Å². The minimum Gasteiger partial charge on any atom is -0.493 e. The highest BCUT2D eigenvalue weighted by Crippen LogP contribution is 2.23. The smallest absolute Gasteiger partial charge is 0.160 e. The van der Waals surface area contributed by atoms with E-state index in [0.29, 0.717) is 0 Å². The van der Waals surface area contributed by atoms with Gasteiger partial charge in [-0.2, -0.15) is 0 Å². The quantitative estimate of drug-likeness (QED) is 0.824. The summed E-state index contributed by atoms with van der Waals surface area (Å²) in [4.78, 5) is 11.4. The fraction of sp³-hybridized carbons (Fsp3) is 0.333. The van der Waals surface area contributed by atoms with Crippen molar-refractivity contribution in [2.75, 3.05) is 19.0 Å². The third kappa shape index (κ3) is 2.96. The summed E-state index contributed by atoms with van der Waals surface area (Å²) in [5.41, 5.74) is 1.93. The van der Waals surface area contributed by atoms with Crippen LogP contribution in [0.5, 0.6) is 5.75 Å². The van der Waals surface area contributed by atoms with Gasteiger partial charge in [0.1, 0.15) is 5.82 Å². The summed E-state index contributed by atoms with van der Waals surface area (Å²) in [5, 5.41) is 3.32. The van der Waals surface area contributed by atoms with Crippen LogP contribution in [-0.4, -0.2) is 28.6 Å². The third-order valence-electron chi connectivity index (χ3n) is 2.46. The van der Waals surface area contributed by atoms with Crippen LogP contribution >= 0.6 is 0 Å². The molecule has 0 aromatic carbocycles. The summed E-state index contributed by atoms with van der Waals surface area (Å²) in [6.07, 6.45) is 6.15. The Hall–Kier alpha value is -2.04. The van der Waals surface area contributed by atoms with Gasteiger partial charge in [-0.15, -0.1) is 0 Å². The summed E-state index contributed by atoms with van der Waals surface area (Å²) in [7, 11) is 1.64. The average molecular weight is 232 g/mol. The Balaban J connectivity index is 1.96. The van der Waals surface area contributed by atoms with Crippen LogP contribution in [-0.2, 0) is 6.42 Å². The van der Waals surface area contributed by atoms with Gasteiger partial charge in [0.2, 0.25) is 0 Å². The average Bonchev–Trinajstić information content (AvgIpc) is 2.82. The van der Waals surface area contributed by atoms with Crippen molar-refractivity contribution in [2.45, 2.75) is 13.3 Å². The lowest BCUT2D eigenvalue weighted by molar-refractivity contribution is 0.414. The van der Waals surface area contributed by atoms with Crippen LogP contribution in [0.1, 0.15) is 11.5 Å². The summed E-state index contributed by atoms with van der Waals surface area (Å²) >= 11 is 0. The number of aryl methyl sites for hydroxylation is 1. The molecule has 0 radical (unpaired) electrons. The monoisotopic (exact) mass is 232 g/mol. The molecule has 0 spiro atoms. The molecule has 0 aliphatic rings. The Morgan fingerprint density at radius 2 is 2.29 bits per heavy atom. The van der Waals surface area contributed by atoms with Crippen LogP contribution in [0.15, 0.2) is 24.7 Å². The topological polar surface area (TPSA) is 62.8 Å². The lowest BCUT2D eigenvalue weighted by Gasteiger charge is -2.10. The van der Waals surface area contributed by atoms with Crippen molar-refractivity contribution in [1.29, 1.82) is 0 Å². The van der Waals surface area contributed by atoms with Crippen LogP contribution < -0.4 is 10.1 Å². The maximum Gasteiger partial charge on any atom is 0.160 e. The zero-order valence-electron chi connectivity index (χ0n) is 10.0. The highest BCUT2D eigenvalue weighted by atomic mass is 16.5. The predicted molar refractivity (Wildman–Crippen MR) is 66.3 cm³/mol. The van der Waals surface area contributed by atoms with Gasteiger partial charge in [-0.1, -0.05) is 0 Å². The number of aromatic nitrogens is 3. The SMILES string of the molecule is COc1cnc(C)cc1NCCc1ncc[nH]1. The number of imidazole rings is 1. The van der Waals surface area contributed by atoms with Crippen molar-refractivity contribution >= 4 is 5.69 Å². The summed E-state index contributed by atoms with van der Waals surface area (Å²) < 4.78 is 5.24. The molecule has 2 aromatic heterocycles. The summed E-state index contributed by atoms with van der Waals surface area (Å²) in [6, 6.07) is 1.97. The molecule has 2 aromatic rings. The maximum absolute atomic E-state index is 5.24. The Kier molecular flexibility index (Phi) is 3.59. The van der Waals surface area contributed by atoms with Gasteiger partial charge in [0.15, 0.2) is 5.75 Å². The molecule has 0 saturated heterocycles. The number of pyridine rings is 1. The molecule has 0 atom stereocenters. The maximum atomic E-state index is 5.24. The van der Waals surface area contributed by atoms with Gasteiger partial charge in [0.25, 0.3) is 0 Å². The normalized spacial score (nSPS) is 10.2. The van der Waals surface area contributed by atoms with Gasteiger partial charge in [-0.05, 0) is 13.0 Å². The van der Waals surface area contributed by atoms with Crippen molar-refractivity contribution < 1.29 is 4.74 Å². The largest absolute Gasteiger partial charge is 0.493 e. The van der Waals surface area contributed by atoms with Gasteiger partial charge in [0.05, 0.1) is 19.0 Å². The number of methoxy groups -OCH3 is 1. The second-order valence-corrected chi connectivity index (χ2v) is 3.74. The number of nitrogens with one attached hydrogen (secondary N) is 2. The summed E-state index contributed by atoms with van der Waals surface area (Å²) in [6.45, 7) is 2.75. The molecule has 0 aliphatic carbocycles. The number of H-pyrrole nitrogens is 1. The molecule has 90 valence electrons. The van der Waals surface area contributed by atoms with Crippen LogP contribution in [0.4, 0.5) is 5.69 Å². The second kappa shape index (κ2) is 5.34. The Bertz CT molecular complexity index is 467. The molecule has 0 saturated carbocycles. The number of ether oxygens (including phenoxy) is 1. The van der Waals surface area contributed by atoms with Gasteiger partial charge < -0.3 is 15.0 Å². The van der Waals surface area contributed by atoms with Gasteiger partial charge >= 0.3 is 0 Å². The molecule has 0 bridgehead atoms. The first-order valence-electron chi connectivity index (χ1n) is 5.52. The van der Waals surface area contributed by atoms with Crippen LogP contribution in [0.2, 0.25) is 0 Å². The number of anilines is 1. The van der Waals surface area contributed by atoms with Crippen molar-refractivity contribution in [3.8, 4) is 5.75 Å². The zero-order chi connectivity index (χ0) is 12.1. The minimum atomic E-state index is 0.759. The van der Waals surface area contributed by atoms with Gasteiger partial charge in [0, 0.05) is 31.1 Å². The minimum absolute atomic E-state index is 0.759. The van der Waals surface area contributed by atoms with E-state index < -0.39 is 0 Å². The molecule has 5 nitrogen and oxygen atoms in total. The molecule has 0 unspecified atom stereocenters. The predicted octanol–water partition coefficient (Wildman–Crippen LogP) is 1.78. The van der Waals surface area contributed by atoms with Crippen LogP contribution in [0, 0.1) is 6.92 Å². The van der Waals surface area contributed by atoms with E-state index in [4.69, 9.17) is 4.74 Å². The molecule has 2 rings (SSSR count). The lowest BCUT2D eigenvalue weighted by Crippen LogP contribution is -2.07. The third-order valence-corrected chi connectivity index (χ3v) is 2.46. The standard InChI is InChI=1S/C12H16N4O/c1-9-7-10(11(17-2)8-16-9)13-4-3-12-14-5-6-15-12/h5-8H,3-4H2,1-2H3,(H,13,16)(H,14,15). The Morgan fingerprint density at radius 1 is 1.41 bits per heavy atom. The first-order valence-corrected chi connectivity index (χ1v) is 5.52. The number of aromatic amines is 1. The van der Waals surface area contributed by atoms with Crippen molar-refractivity contribution in [1.82, 2.24) is 15.0 Å². The molecule has 17 heavy (non-hydrogen) atoms. The number of rotatable bonds is 5. The molecular formula is C12H16N4O. The van der Waals surface area contributed by atoms with Crippen LogP contribution in [0.25, 0.3) is 0 Å². The number of hydrogen-bond acceptors (Lipinski definition) is 4. The lowest BCUT2D eigenvalue weighted by atomic mass is 10.3. The summed E-state index contributed by atoms with van der Waals surface area (Å²) in [5.74, 6) is 1.73. The molecule has 2 N–H and O–H groups in total. The molecule has 0 fully saturated rings. The van der Waals surface area contributed by atoms with E-state index in [-0.39, 0.29) is 0 Å². The van der Waals surface area contributed by atoms with Gasteiger partial charge in [-0.25, -0.2) is 4.98 Å². The van der Waals surface area contributed by atoms with Gasteiger partial charge in [-0.3, -0.25) is 4.98 Å². The van der Waals surface area contributed by atoms with E-state index in [2.05, 4.69) is 20.3 Å². The van der Waals surface area contributed by atoms with Crippen molar-refractivity contribution in [2.24, 2.45) is 0 Å². The zero-order valence-corrected chi connectivity index (χ0v) is 10.0. The van der Waals surface area contributed by atoms with E-state index in [1.807, 2.05) is 19.2 Å². The Morgan fingerprint density at radius 3 is 3.00 bits per heavy atom. The first-order chi connectivity index (χ1) is 8.29. The molecule has 5 heteroatoms. The Labute approximate surface area is 100 Å². The van der Waals surface area contributed by atoms with E-state index in [1.54, 1.807) is 19.5 Å². The van der Waals surface area contributed by atoms with Crippen molar-refractivity contribution in [3.05, 3.63) is 36.2 Å². The van der Waals surface area contributed by atoms with E-state index in [0.717, 1.165) is 35.9 Å². The highest BCUT2D eigenvalue weighted by molar-refractivity contribution is 5.55. The molecule has 2 heterocycles. The van der Waals surface area contributed by atoms with Crippen LogP contribution in [0.3, 0.4) is 0 Å². The van der Waals surface area contributed by atoms with E-state index >= 15 is 0 Å². The molecule has 0 aliphatic heterocycles. The second-order valence-electron chi connectivity index (χ2n) is 3.74. The molecule has 0 amide bonds. The highest BCUT2D eigenvalue weighted by Gasteiger charge is 2.03. The fourth-order valence-corrected chi connectivity index (χ4v) is 1.60. The fourth-order valence-electron chi connectivity index (χ4n) is 1.60. The first kappa shape index (κ1) is 11.4. The van der Waals surface area contributed by atoms with Crippen molar-refractivity contribution in [3.63, 3.8) is 0 Å². The number of nitrogens with zero attached hydrogens (tertiary/aromatic N) is 2. The molecular weight excluding hydrogens is 216 g/mol.